The standard InChI is InChI=1S/C19H24N4O6/c1-10(19(28)29)22-18(27)15(23-17(26)13(20)6-7-16(24)25)8-11-9-21-14-5-3-2-4-12(11)14/h2-5,9-10,13,15,21H,6-8,20H2,1H3,(H,22,27)(H,23,26)(H,24,25)(H,28,29). The molecule has 0 fully saturated rings. The molecule has 0 spiro atoms. The van der Waals surface area contributed by atoms with E-state index in [2.05, 4.69) is 15.6 Å². The number of carboxylic acid groups (broad SMARTS) is 2. The number of aromatic nitrogens is 1. The van der Waals surface area contributed by atoms with E-state index in [0.29, 0.717) is 0 Å². The van der Waals surface area contributed by atoms with Crippen LogP contribution >= 0.6 is 0 Å². The molecule has 2 aromatic rings. The Balaban J connectivity index is 2.18. The molecular weight excluding hydrogens is 380 g/mol. The summed E-state index contributed by atoms with van der Waals surface area (Å²) < 4.78 is 0. The number of nitrogens with one attached hydrogen (secondary N) is 3. The Hall–Kier alpha value is -3.40. The SMILES string of the molecule is CC(NC(=O)C(Cc1c[nH]c2ccccc12)NC(=O)C(N)CCC(=O)O)C(=O)O. The minimum absolute atomic E-state index is 0.0892. The first kappa shape index (κ1) is 21.9. The summed E-state index contributed by atoms with van der Waals surface area (Å²) in [4.78, 5) is 49.7. The van der Waals surface area contributed by atoms with Gasteiger partial charge >= 0.3 is 11.9 Å². The van der Waals surface area contributed by atoms with Crippen LogP contribution in [-0.4, -0.2) is 57.1 Å². The zero-order chi connectivity index (χ0) is 21.6. The fourth-order valence-electron chi connectivity index (χ4n) is 2.79. The number of benzene rings is 1. The highest BCUT2D eigenvalue weighted by Crippen LogP contribution is 2.19. The van der Waals surface area contributed by atoms with Crippen molar-refractivity contribution >= 4 is 34.7 Å². The molecule has 1 heterocycles. The number of fused-ring (bicyclic) bond motifs is 1. The summed E-state index contributed by atoms with van der Waals surface area (Å²) in [5.74, 6) is -3.66. The van der Waals surface area contributed by atoms with Crippen molar-refractivity contribution in [2.45, 2.75) is 44.3 Å². The van der Waals surface area contributed by atoms with Crippen LogP contribution in [0.1, 0.15) is 25.3 Å². The number of carbonyl (C=O) groups is 4. The van der Waals surface area contributed by atoms with Crippen molar-refractivity contribution in [1.82, 2.24) is 15.6 Å². The first-order valence-electron chi connectivity index (χ1n) is 9.05. The Bertz CT molecular complexity index is 909. The van der Waals surface area contributed by atoms with Crippen molar-refractivity contribution in [1.29, 1.82) is 0 Å². The molecule has 156 valence electrons. The van der Waals surface area contributed by atoms with Crippen LogP contribution in [0.3, 0.4) is 0 Å². The summed E-state index contributed by atoms with van der Waals surface area (Å²) in [6, 6.07) is 4.06. The smallest absolute Gasteiger partial charge is 0.325 e. The Morgan fingerprint density at radius 2 is 1.79 bits per heavy atom. The van der Waals surface area contributed by atoms with Gasteiger partial charge < -0.3 is 31.6 Å². The molecular formula is C19H24N4O6. The monoisotopic (exact) mass is 404 g/mol. The van der Waals surface area contributed by atoms with E-state index in [9.17, 15) is 19.2 Å². The lowest BCUT2D eigenvalue weighted by atomic mass is 10.0. The number of carbonyl (C=O) groups excluding carboxylic acids is 2. The fourth-order valence-corrected chi connectivity index (χ4v) is 2.79. The van der Waals surface area contributed by atoms with Gasteiger partial charge in [0.1, 0.15) is 12.1 Å². The minimum Gasteiger partial charge on any atom is -0.481 e. The molecule has 1 aromatic heterocycles. The number of hydrogen-bond acceptors (Lipinski definition) is 5. The van der Waals surface area contributed by atoms with Crippen molar-refractivity contribution in [3.63, 3.8) is 0 Å². The molecule has 0 saturated carbocycles. The number of hydrogen-bond donors (Lipinski definition) is 6. The first-order chi connectivity index (χ1) is 13.7. The maximum Gasteiger partial charge on any atom is 0.325 e. The van der Waals surface area contributed by atoms with E-state index in [-0.39, 0.29) is 19.3 Å². The molecule has 10 nitrogen and oxygen atoms in total. The van der Waals surface area contributed by atoms with Gasteiger partial charge in [0, 0.05) is 29.9 Å². The molecule has 3 atom stereocenters. The normalized spacial score (nSPS) is 14.0. The lowest BCUT2D eigenvalue weighted by molar-refractivity contribution is -0.141. The summed E-state index contributed by atoms with van der Waals surface area (Å²) in [6.45, 7) is 1.31. The number of rotatable bonds is 10. The van der Waals surface area contributed by atoms with E-state index in [0.717, 1.165) is 16.5 Å². The summed E-state index contributed by atoms with van der Waals surface area (Å²) in [5, 5.41) is 23.5. The molecule has 0 radical (unpaired) electrons. The average molecular weight is 404 g/mol. The number of amides is 2. The summed E-state index contributed by atoms with van der Waals surface area (Å²) in [6.07, 6.45) is 1.43. The van der Waals surface area contributed by atoms with Crippen LogP contribution < -0.4 is 16.4 Å². The average Bonchev–Trinajstić information content (AvgIpc) is 3.08. The van der Waals surface area contributed by atoms with Gasteiger partial charge in [0.25, 0.3) is 0 Å². The topological polar surface area (TPSA) is 175 Å². The van der Waals surface area contributed by atoms with Crippen LogP contribution in [0.2, 0.25) is 0 Å². The maximum absolute atomic E-state index is 12.6. The van der Waals surface area contributed by atoms with Crippen LogP contribution in [0, 0.1) is 0 Å². The molecule has 0 saturated heterocycles. The van der Waals surface area contributed by atoms with Gasteiger partial charge in [0.15, 0.2) is 0 Å². The predicted octanol–water partition coefficient (Wildman–Crippen LogP) is -0.0234. The van der Waals surface area contributed by atoms with E-state index in [1.54, 1.807) is 6.20 Å². The van der Waals surface area contributed by atoms with Crippen LogP contribution in [0.4, 0.5) is 0 Å². The van der Waals surface area contributed by atoms with E-state index in [4.69, 9.17) is 15.9 Å². The second kappa shape index (κ2) is 9.69. The third kappa shape index (κ3) is 6.04. The van der Waals surface area contributed by atoms with Gasteiger partial charge in [-0.3, -0.25) is 19.2 Å². The van der Waals surface area contributed by atoms with Crippen molar-refractivity contribution in [2.75, 3.05) is 0 Å². The van der Waals surface area contributed by atoms with Crippen molar-refractivity contribution in [2.24, 2.45) is 5.73 Å². The van der Waals surface area contributed by atoms with E-state index >= 15 is 0 Å². The van der Waals surface area contributed by atoms with Gasteiger partial charge in [-0.05, 0) is 25.0 Å². The van der Waals surface area contributed by atoms with Gasteiger partial charge in [0.05, 0.1) is 6.04 Å². The van der Waals surface area contributed by atoms with Crippen molar-refractivity contribution in [3.05, 3.63) is 36.0 Å². The Morgan fingerprint density at radius 1 is 1.10 bits per heavy atom. The lowest BCUT2D eigenvalue weighted by Crippen LogP contribution is -2.54. The molecule has 3 unspecified atom stereocenters. The van der Waals surface area contributed by atoms with Crippen LogP contribution in [-0.2, 0) is 25.6 Å². The van der Waals surface area contributed by atoms with E-state index in [1.807, 2.05) is 24.3 Å². The third-order valence-electron chi connectivity index (χ3n) is 4.47. The number of para-hydroxylation sites is 1. The number of aromatic amines is 1. The van der Waals surface area contributed by atoms with Crippen LogP contribution in [0.5, 0.6) is 0 Å². The molecule has 0 aliphatic rings. The molecule has 0 aliphatic carbocycles. The van der Waals surface area contributed by atoms with Crippen LogP contribution in [0.15, 0.2) is 30.5 Å². The molecule has 29 heavy (non-hydrogen) atoms. The maximum atomic E-state index is 12.6. The Kier molecular flexibility index (Phi) is 7.32. The molecule has 10 heteroatoms. The molecule has 7 N–H and O–H groups in total. The minimum atomic E-state index is -1.21. The van der Waals surface area contributed by atoms with Crippen molar-refractivity contribution in [3.8, 4) is 0 Å². The second-order valence-electron chi connectivity index (χ2n) is 6.73. The highest BCUT2D eigenvalue weighted by Gasteiger charge is 2.27. The van der Waals surface area contributed by atoms with Crippen LogP contribution in [0.25, 0.3) is 10.9 Å². The quantitative estimate of drug-likeness (QED) is 0.322. The van der Waals surface area contributed by atoms with E-state index < -0.39 is 41.9 Å². The summed E-state index contributed by atoms with van der Waals surface area (Å²) in [7, 11) is 0. The third-order valence-corrected chi connectivity index (χ3v) is 4.47. The zero-order valence-corrected chi connectivity index (χ0v) is 15.8. The highest BCUT2D eigenvalue weighted by atomic mass is 16.4. The molecule has 2 amide bonds. The molecule has 0 aliphatic heterocycles. The number of carboxylic acids is 2. The Labute approximate surface area is 166 Å². The Morgan fingerprint density at radius 3 is 2.45 bits per heavy atom. The molecule has 0 bridgehead atoms. The van der Waals surface area contributed by atoms with Gasteiger partial charge in [-0.25, -0.2) is 0 Å². The summed E-state index contributed by atoms with van der Waals surface area (Å²) >= 11 is 0. The largest absolute Gasteiger partial charge is 0.481 e. The predicted molar refractivity (Wildman–Crippen MR) is 104 cm³/mol. The fraction of sp³-hybridized carbons (Fsp3) is 0.368. The molecule has 1 aromatic carbocycles. The first-order valence-corrected chi connectivity index (χ1v) is 9.05. The lowest BCUT2D eigenvalue weighted by Gasteiger charge is -2.21. The zero-order valence-electron chi connectivity index (χ0n) is 15.8. The van der Waals surface area contributed by atoms with Gasteiger partial charge in [-0.15, -0.1) is 0 Å². The number of aliphatic carboxylic acids is 2. The second-order valence-corrected chi connectivity index (χ2v) is 6.73. The number of nitrogens with two attached hydrogens (primary N) is 1. The van der Waals surface area contributed by atoms with Crippen molar-refractivity contribution < 1.29 is 29.4 Å². The van der Waals surface area contributed by atoms with E-state index in [1.165, 1.54) is 6.92 Å². The highest BCUT2D eigenvalue weighted by molar-refractivity contribution is 5.93. The van der Waals surface area contributed by atoms with Gasteiger partial charge in [0.2, 0.25) is 11.8 Å². The van der Waals surface area contributed by atoms with Gasteiger partial charge in [-0.2, -0.15) is 0 Å². The molecule has 2 rings (SSSR count). The summed E-state index contributed by atoms with van der Waals surface area (Å²) in [5.41, 5.74) is 7.32. The number of H-pyrrole nitrogens is 1. The van der Waals surface area contributed by atoms with Gasteiger partial charge in [-0.1, -0.05) is 18.2 Å².